The van der Waals surface area contributed by atoms with Gasteiger partial charge in [-0.25, -0.2) is 28.8 Å². The first-order valence-electron chi connectivity index (χ1n) is 13.2. The Morgan fingerprint density at radius 1 is 0.956 bits per heavy atom. The van der Waals surface area contributed by atoms with Crippen molar-refractivity contribution in [2.24, 2.45) is 0 Å². The van der Waals surface area contributed by atoms with Crippen LogP contribution in [-0.4, -0.2) is 73.3 Å². The molecule has 1 fully saturated rings. The summed E-state index contributed by atoms with van der Waals surface area (Å²) < 4.78 is 53.3. The number of benzene rings is 2. The van der Waals surface area contributed by atoms with Crippen LogP contribution < -0.4 is 10.2 Å². The highest BCUT2D eigenvalue weighted by atomic mass is 35.5. The summed E-state index contributed by atoms with van der Waals surface area (Å²) in [5, 5.41) is 15.4. The molecule has 0 amide bonds. The zero-order valence-electron chi connectivity index (χ0n) is 23.1. The predicted molar refractivity (Wildman–Crippen MR) is 157 cm³/mol. The quantitative estimate of drug-likeness (QED) is 0.219. The van der Waals surface area contributed by atoms with E-state index in [4.69, 9.17) is 26.2 Å². The van der Waals surface area contributed by atoms with Gasteiger partial charge in [-0.2, -0.15) is 13.2 Å². The number of aromatic nitrogens is 6. The van der Waals surface area contributed by atoms with E-state index in [0.717, 1.165) is 35.7 Å². The van der Waals surface area contributed by atoms with Gasteiger partial charge in [-0.05, 0) is 54.6 Å². The number of pyridine rings is 1. The van der Waals surface area contributed by atoms with Crippen LogP contribution in [0.25, 0.3) is 28.3 Å². The largest absolute Gasteiger partial charge is 0.490 e. The maximum Gasteiger partial charge on any atom is 0.490 e. The van der Waals surface area contributed by atoms with Gasteiger partial charge in [0.25, 0.3) is 0 Å². The molecule has 0 aliphatic carbocycles. The molecule has 4 heterocycles. The third-order valence-electron chi connectivity index (χ3n) is 6.30. The van der Waals surface area contributed by atoms with Crippen LogP contribution >= 0.6 is 11.6 Å². The second-order valence-electron chi connectivity index (χ2n) is 9.44. The second kappa shape index (κ2) is 13.7. The number of morpholine rings is 1. The Kier molecular flexibility index (Phi) is 9.49. The number of nitrogens with zero attached hydrogens (tertiary/aromatic N) is 7. The molecule has 1 saturated heterocycles. The first-order chi connectivity index (χ1) is 21.5. The Morgan fingerprint density at radius 3 is 2.38 bits per heavy atom. The number of carbonyl (C=O) groups is 1. The first-order valence-corrected chi connectivity index (χ1v) is 13.6. The van der Waals surface area contributed by atoms with Gasteiger partial charge >= 0.3 is 12.1 Å². The lowest BCUT2D eigenvalue weighted by molar-refractivity contribution is -0.192. The first kappa shape index (κ1) is 31.3. The van der Waals surface area contributed by atoms with Crippen molar-refractivity contribution in [2.75, 3.05) is 36.5 Å². The Morgan fingerprint density at radius 2 is 1.69 bits per heavy atom. The van der Waals surface area contributed by atoms with Crippen molar-refractivity contribution in [1.29, 1.82) is 0 Å². The summed E-state index contributed by atoms with van der Waals surface area (Å²) in [6.45, 7) is 2.71. The highest BCUT2D eigenvalue weighted by molar-refractivity contribution is 6.30. The van der Waals surface area contributed by atoms with Gasteiger partial charge < -0.3 is 20.1 Å². The van der Waals surface area contributed by atoms with Crippen LogP contribution in [0, 0.1) is 5.82 Å². The van der Waals surface area contributed by atoms with Gasteiger partial charge in [-0.3, -0.25) is 4.98 Å². The number of anilines is 3. The fraction of sp³-hybridized carbons (Fsp3) is 0.172. The highest BCUT2D eigenvalue weighted by Gasteiger charge is 2.38. The summed E-state index contributed by atoms with van der Waals surface area (Å²) in [7, 11) is 0. The molecule has 0 atom stereocenters. The molecule has 3 aromatic heterocycles. The van der Waals surface area contributed by atoms with E-state index in [0.29, 0.717) is 41.3 Å². The molecule has 6 rings (SSSR count). The van der Waals surface area contributed by atoms with Crippen LogP contribution in [0.5, 0.6) is 0 Å². The monoisotopic (exact) mass is 642 g/mol. The molecule has 16 heteroatoms. The van der Waals surface area contributed by atoms with Gasteiger partial charge in [-0.15, -0.1) is 5.10 Å². The van der Waals surface area contributed by atoms with E-state index in [1.165, 1.54) is 6.07 Å². The number of nitrogens with one attached hydrogen (secondary N) is 1. The van der Waals surface area contributed by atoms with E-state index in [2.05, 4.69) is 35.3 Å². The number of halogens is 5. The van der Waals surface area contributed by atoms with Crippen molar-refractivity contribution in [3.63, 3.8) is 0 Å². The minimum atomic E-state index is -5.08. The molecule has 0 unspecified atom stereocenters. The summed E-state index contributed by atoms with van der Waals surface area (Å²) in [6, 6.07) is 16.1. The van der Waals surface area contributed by atoms with Crippen molar-refractivity contribution < 1.29 is 32.2 Å². The Bertz CT molecular complexity index is 1780. The summed E-state index contributed by atoms with van der Waals surface area (Å²) in [4.78, 5) is 28.4. The molecule has 1 aliphatic heterocycles. The Hall–Kier alpha value is -5.15. The Labute approximate surface area is 258 Å². The van der Waals surface area contributed by atoms with Crippen molar-refractivity contribution in [3.05, 3.63) is 90.4 Å². The van der Waals surface area contributed by atoms with Gasteiger partial charge in [0, 0.05) is 54.2 Å². The zero-order chi connectivity index (χ0) is 32.0. The molecule has 2 N–H and O–H groups in total. The molecular formula is C29H23ClF4N8O3. The van der Waals surface area contributed by atoms with Crippen LogP contribution in [0.2, 0.25) is 5.02 Å². The average Bonchev–Trinajstić information content (AvgIpc) is 3.52. The molecule has 1 aliphatic rings. The minimum absolute atomic E-state index is 0.310. The highest BCUT2D eigenvalue weighted by Crippen LogP contribution is 2.27. The molecule has 45 heavy (non-hydrogen) atoms. The van der Waals surface area contributed by atoms with Crippen LogP contribution in [0.15, 0.2) is 79.5 Å². The molecule has 0 radical (unpaired) electrons. The molecule has 0 spiro atoms. The maximum absolute atomic E-state index is 14.5. The van der Waals surface area contributed by atoms with E-state index in [9.17, 15) is 17.6 Å². The van der Waals surface area contributed by atoms with E-state index in [-0.39, 0.29) is 5.82 Å². The van der Waals surface area contributed by atoms with Gasteiger partial charge in [0.2, 0.25) is 5.95 Å². The van der Waals surface area contributed by atoms with Gasteiger partial charge in [-0.1, -0.05) is 11.6 Å². The van der Waals surface area contributed by atoms with E-state index >= 15 is 0 Å². The second-order valence-corrected chi connectivity index (χ2v) is 9.88. The number of hydrogen-bond acceptors (Lipinski definition) is 9. The van der Waals surface area contributed by atoms with Crippen LogP contribution in [0.4, 0.5) is 34.9 Å². The summed E-state index contributed by atoms with van der Waals surface area (Å²) in [5.74, 6) is -2.13. The summed E-state index contributed by atoms with van der Waals surface area (Å²) in [5.41, 5.74) is 4.48. The number of ether oxygens (including phenoxy) is 1. The van der Waals surface area contributed by atoms with E-state index in [1.54, 1.807) is 47.8 Å². The smallest absolute Gasteiger partial charge is 0.475 e. The Balaban J connectivity index is 0.000000515. The van der Waals surface area contributed by atoms with Crippen LogP contribution in [0.3, 0.4) is 0 Å². The van der Waals surface area contributed by atoms with Crippen LogP contribution in [0.1, 0.15) is 0 Å². The van der Waals surface area contributed by atoms with Gasteiger partial charge in [0.1, 0.15) is 12.1 Å². The number of alkyl halides is 3. The standard InChI is InChI=1S/C27H22ClFN8O.C2HF3O2/c28-20-11-19(15-30-16-20)26-32-17-37(35-26)23-3-1-22(2-4-23)33-27-31-6-5-25(34-27)18-12-21(29)14-24(13-18)36-7-9-38-10-8-36;3-2(4,5)1(6)7/h1-6,11-17H,7-10H2,(H,31,33,34);(H,6,7). The number of hydrogen-bond donors (Lipinski definition) is 2. The third kappa shape index (κ3) is 8.27. The molecule has 0 saturated carbocycles. The van der Waals surface area contributed by atoms with Gasteiger partial charge in [0.15, 0.2) is 5.82 Å². The maximum atomic E-state index is 14.5. The third-order valence-corrected chi connectivity index (χ3v) is 6.50. The lowest BCUT2D eigenvalue weighted by Gasteiger charge is -2.29. The number of aliphatic carboxylic acids is 1. The summed E-state index contributed by atoms with van der Waals surface area (Å²) in [6.07, 6.45) is 1.43. The normalized spacial score (nSPS) is 13.1. The number of carboxylic acid groups (broad SMARTS) is 1. The molecular weight excluding hydrogens is 620 g/mol. The fourth-order valence-corrected chi connectivity index (χ4v) is 4.36. The van der Waals surface area contributed by atoms with E-state index in [1.807, 2.05) is 30.3 Å². The van der Waals surface area contributed by atoms with Crippen molar-refractivity contribution in [1.82, 2.24) is 29.7 Å². The van der Waals surface area contributed by atoms with E-state index < -0.39 is 12.1 Å². The predicted octanol–water partition coefficient (Wildman–Crippen LogP) is 5.79. The molecule has 2 aromatic carbocycles. The van der Waals surface area contributed by atoms with Crippen molar-refractivity contribution in [2.45, 2.75) is 6.18 Å². The van der Waals surface area contributed by atoms with Crippen molar-refractivity contribution >= 4 is 34.9 Å². The van der Waals surface area contributed by atoms with Gasteiger partial charge in [0.05, 0.1) is 29.6 Å². The molecule has 11 nitrogen and oxygen atoms in total. The fourth-order valence-electron chi connectivity index (χ4n) is 4.19. The lowest BCUT2D eigenvalue weighted by atomic mass is 10.1. The lowest BCUT2D eigenvalue weighted by Crippen LogP contribution is -2.36. The topological polar surface area (TPSA) is 131 Å². The molecule has 0 bridgehead atoms. The number of rotatable bonds is 6. The SMILES string of the molecule is Fc1cc(-c2ccnc(Nc3ccc(-n4cnc(-c5cncc(Cl)c5)n4)cc3)n2)cc(N2CCOCC2)c1.O=C(O)C(F)(F)F. The average molecular weight is 643 g/mol. The number of carboxylic acids is 1. The summed E-state index contributed by atoms with van der Waals surface area (Å²) >= 11 is 6.03. The molecule has 5 aromatic rings. The minimum Gasteiger partial charge on any atom is -0.475 e. The molecule has 232 valence electrons. The van der Waals surface area contributed by atoms with Crippen LogP contribution in [-0.2, 0) is 9.53 Å². The zero-order valence-corrected chi connectivity index (χ0v) is 23.9. The van der Waals surface area contributed by atoms with Crippen molar-refractivity contribution in [3.8, 4) is 28.3 Å².